The van der Waals surface area contributed by atoms with E-state index in [0.717, 1.165) is 11.4 Å². The summed E-state index contributed by atoms with van der Waals surface area (Å²) in [6.45, 7) is 18.8. The molecule has 1 nitrogen and oxygen atoms in total. The maximum absolute atomic E-state index is 2.53. The Morgan fingerprint density at radius 2 is 0.872 bits per heavy atom. The quantitative estimate of drug-likeness (QED) is 0.154. The molecule has 1 aromatic heterocycles. The summed E-state index contributed by atoms with van der Waals surface area (Å²) >= 11 is 1.90. The Morgan fingerprint density at radius 3 is 1.56 bits per heavy atom. The van der Waals surface area contributed by atoms with Crippen LogP contribution in [0, 0.1) is 0 Å². The van der Waals surface area contributed by atoms with E-state index in [2.05, 4.69) is 297 Å². The second-order valence-electron chi connectivity index (χ2n) is 24.5. The summed E-state index contributed by atoms with van der Waals surface area (Å²) in [5, 5.41) is 5.00. The number of hydrogen-bond acceptors (Lipinski definition) is 2. The largest absolute Gasteiger partial charge is 0.310 e. The molecule has 0 spiro atoms. The summed E-state index contributed by atoms with van der Waals surface area (Å²) in [5.74, 6) is 0. The van der Waals surface area contributed by atoms with Crippen molar-refractivity contribution >= 4 is 59.3 Å². The van der Waals surface area contributed by atoms with Crippen molar-refractivity contribution in [3.05, 3.63) is 281 Å². The van der Waals surface area contributed by atoms with Crippen LogP contribution >= 0.6 is 11.3 Å². The monoisotopic (exact) mass is 1020 g/mol. The lowest BCUT2D eigenvalue weighted by atomic mass is 9.66. The van der Waals surface area contributed by atoms with Crippen LogP contribution in [0.1, 0.15) is 99.9 Å². The Hall–Kier alpha value is -8.30. The summed E-state index contributed by atoms with van der Waals surface area (Å²) in [6.07, 6.45) is 0. The number of nitrogens with zero attached hydrogens (tertiary/aromatic N) is 1. The molecule has 12 aromatic rings. The smallest absolute Gasteiger partial charge is 0.0713 e. The molecule has 2 aliphatic carbocycles. The van der Waals surface area contributed by atoms with Crippen molar-refractivity contribution in [1.82, 2.24) is 0 Å². The molecule has 11 aromatic carbocycles. The molecule has 2 heteroatoms. The lowest BCUT2D eigenvalue weighted by molar-refractivity contribution is 0.586. The van der Waals surface area contributed by atoms with Crippen molar-refractivity contribution in [2.75, 3.05) is 4.90 Å². The van der Waals surface area contributed by atoms with Crippen molar-refractivity contribution < 1.29 is 0 Å². The maximum Gasteiger partial charge on any atom is 0.0713 e. The van der Waals surface area contributed by atoms with E-state index in [1.807, 2.05) is 11.3 Å². The van der Waals surface area contributed by atoms with Crippen LogP contribution in [0.2, 0.25) is 0 Å². The van der Waals surface area contributed by atoms with Crippen molar-refractivity contribution in [2.45, 2.75) is 77.0 Å². The fourth-order valence-electron chi connectivity index (χ4n) is 13.3. The first-order chi connectivity index (χ1) is 37.7. The third kappa shape index (κ3) is 7.40. The van der Waals surface area contributed by atoms with Crippen LogP contribution in [0.25, 0.3) is 75.5 Å². The summed E-state index contributed by atoms with van der Waals surface area (Å²) in [4.78, 5) is 2.49. The number of anilines is 3. The molecule has 14 rings (SSSR count). The van der Waals surface area contributed by atoms with Crippen molar-refractivity contribution in [1.29, 1.82) is 0 Å². The van der Waals surface area contributed by atoms with Gasteiger partial charge >= 0.3 is 0 Å². The molecular weight excluding hydrogens is 959 g/mol. The molecule has 378 valence electrons. The Balaban J connectivity index is 0.922. The normalized spacial score (nSPS) is 14.1. The standard InChI is InChI=1S/C76H63NS/c1-73(2,3)54-36-40-62-63-41-37-55(74(4,5)6)45-69(63)76(68(62)44-54,52-32-28-49(29-33-52)48-18-10-9-11-19-48)53-34-30-51(31-35-53)59-24-17-25-64-65-46-56(39-43-71(65)78-72(59)64)77(70-27-16-21-50-20-12-13-22-58(50)70)57-38-42-61-60-23-14-15-26-66(60)75(7,8)67(61)47-57/h9-47H,1-8H3. The van der Waals surface area contributed by atoms with Crippen LogP contribution in [-0.2, 0) is 21.7 Å². The highest BCUT2D eigenvalue weighted by atomic mass is 32.1. The minimum atomic E-state index is -0.560. The molecule has 78 heavy (non-hydrogen) atoms. The van der Waals surface area contributed by atoms with Crippen LogP contribution < -0.4 is 4.90 Å². The predicted octanol–water partition coefficient (Wildman–Crippen LogP) is 21.3. The van der Waals surface area contributed by atoms with E-state index in [1.54, 1.807) is 0 Å². The van der Waals surface area contributed by atoms with Gasteiger partial charge < -0.3 is 4.90 Å². The van der Waals surface area contributed by atoms with Gasteiger partial charge in [0, 0.05) is 42.3 Å². The Morgan fingerprint density at radius 1 is 0.359 bits per heavy atom. The van der Waals surface area contributed by atoms with Crippen LogP contribution in [-0.4, -0.2) is 0 Å². The molecule has 0 atom stereocenters. The van der Waals surface area contributed by atoms with E-state index in [1.165, 1.54) is 126 Å². The van der Waals surface area contributed by atoms with Crippen LogP contribution in [0.5, 0.6) is 0 Å². The zero-order valence-electron chi connectivity index (χ0n) is 45.9. The van der Waals surface area contributed by atoms with Crippen molar-refractivity contribution in [3.63, 3.8) is 0 Å². The van der Waals surface area contributed by atoms with Gasteiger partial charge in [0.25, 0.3) is 0 Å². The Labute approximate surface area is 464 Å². The minimum Gasteiger partial charge on any atom is -0.310 e. The minimum absolute atomic E-state index is 0.0307. The van der Waals surface area contributed by atoms with Gasteiger partial charge in [-0.15, -0.1) is 11.3 Å². The van der Waals surface area contributed by atoms with Gasteiger partial charge in [-0.3, -0.25) is 0 Å². The second-order valence-corrected chi connectivity index (χ2v) is 25.5. The number of hydrogen-bond donors (Lipinski definition) is 0. The molecule has 0 aliphatic heterocycles. The highest BCUT2D eigenvalue weighted by Crippen LogP contribution is 2.58. The Bertz CT molecular complexity index is 4280. The first kappa shape index (κ1) is 48.1. The molecular formula is C76H63NS. The SMILES string of the molecule is CC(C)(C)c1ccc2c(c1)C(c1ccc(-c3ccccc3)cc1)(c1ccc(-c3cccc4c3sc3ccc(N(c5ccc6c(c5)C(C)(C)c5ccccc5-6)c5cccc6ccccc56)cc34)cc1)c1cc(C(C)(C)C)ccc1-2. The second kappa shape index (κ2) is 17.6. The molecule has 1 heterocycles. The summed E-state index contributed by atoms with van der Waals surface area (Å²) in [7, 11) is 0. The van der Waals surface area contributed by atoms with Gasteiger partial charge in [0.2, 0.25) is 0 Å². The number of fused-ring (bicyclic) bond motifs is 10. The first-order valence-corrected chi connectivity index (χ1v) is 28.5. The van der Waals surface area contributed by atoms with Crippen molar-refractivity contribution in [2.24, 2.45) is 0 Å². The van der Waals surface area contributed by atoms with E-state index >= 15 is 0 Å². The highest BCUT2D eigenvalue weighted by Gasteiger charge is 2.47. The van der Waals surface area contributed by atoms with Gasteiger partial charge in [-0.1, -0.05) is 256 Å². The van der Waals surface area contributed by atoms with E-state index in [9.17, 15) is 0 Å². The summed E-state index contributed by atoms with van der Waals surface area (Å²) < 4.78 is 2.58. The lowest BCUT2D eigenvalue weighted by Crippen LogP contribution is -2.29. The fraction of sp³-hybridized carbons (Fsp3) is 0.158. The van der Waals surface area contributed by atoms with E-state index < -0.39 is 5.41 Å². The van der Waals surface area contributed by atoms with Gasteiger partial charge in [-0.2, -0.15) is 0 Å². The Kier molecular flexibility index (Phi) is 10.9. The molecule has 0 radical (unpaired) electrons. The fourth-order valence-corrected chi connectivity index (χ4v) is 14.5. The van der Waals surface area contributed by atoms with Gasteiger partial charge in [0.1, 0.15) is 0 Å². The molecule has 0 saturated carbocycles. The van der Waals surface area contributed by atoms with Crippen LogP contribution in [0.4, 0.5) is 17.1 Å². The number of rotatable bonds is 7. The molecule has 0 bridgehead atoms. The third-order valence-electron chi connectivity index (χ3n) is 17.5. The molecule has 2 aliphatic rings. The molecule has 0 N–H and O–H groups in total. The first-order valence-electron chi connectivity index (χ1n) is 27.7. The zero-order chi connectivity index (χ0) is 53.3. The van der Waals surface area contributed by atoms with E-state index in [0.29, 0.717) is 0 Å². The van der Waals surface area contributed by atoms with Crippen LogP contribution in [0.3, 0.4) is 0 Å². The van der Waals surface area contributed by atoms with Gasteiger partial charge in [0.15, 0.2) is 0 Å². The van der Waals surface area contributed by atoms with Gasteiger partial charge in [-0.25, -0.2) is 0 Å². The van der Waals surface area contributed by atoms with Gasteiger partial charge in [-0.05, 0) is 142 Å². The molecule has 0 unspecified atom stereocenters. The molecule has 0 amide bonds. The summed E-state index contributed by atoms with van der Waals surface area (Å²) in [5.41, 5.74) is 23.6. The molecule has 0 saturated heterocycles. The van der Waals surface area contributed by atoms with Crippen LogP contribution in [0.15, 0.2) is 237 Å². The lowest BCUT2D eigenvalue weighted by Gasteiger charge is -2.36. The number of benzene rings is 11. The maximum atomic E-state index is 2.53. The molecule has 0 fully saturated rings. The zero-order valence-corrected chi connectivity index (χ0v) is 46.7. The average Bonchev–Trinajstić information content (AvgIpc) is 3.99. The highest BCUT2D eigenvalue weighted by molar-refractivity contribution is 7.26. The predicted molar refractivity (Wildman–Crippen MR) is 335 cm³/mol. The average molecular weight is 1020 g/mol. The van der Waals surface area contributed by atoms with E-state index in [4.69, 9.17) is 0 Å². The van der Waals surface area contributed by atoms with Gasteiger partial charge in [0.05, 0.1) is 11.1 Å². The van der Waals surface area contributed by atoms with E-state index in [-0.39, 0.29) is 16.2 Å². The topological polar surface area (TPSA) is 3.24 Å². The number of thiophene rings is 1. The third-order valence-corrected chi connectivity index (χ3v) is 18.7. The van der Waals surface area contributed by atoms with Crippen molar-refractivity contribution in [3.8, 4) is 44.5 Å². The summed E-state index contributed by atoms with van der Waals surface area (Å²) in [6, 6.07) is 90.1.